The Morgan fingerprint density at radius 1 is 1.00 bits per heavy atom. The van der Waals surface area contributed by atoms with Crippen LogP contribution in [0.3, 0.4) is 0 Å². The minimum Gasteiger partial charge on any atom is -0.481 e. The third-order valence-electron chi connectivity index (χ3n) is 5.66. The van der Waals surface area contributed by atoms with Gasteiger partial charge in [-0.25, -0.2) is 0 Å². The lowest BCUT2D eigenvalue weighted by atomic mass is 9.97. The SMILES string of the molecule is Cc1cc(C)c(CC(=O)N2C[C@@]3(C(=O)O)C[C@@]3(C(=O)O)C2)c(C)c1. The van der Waals surface area contributed by atoms with Crippen LogP contribution < -0.4 is 0 Å². The number of aliphatic carboxylic acids is 2. The van der Waals surface area contributed by atoms with Gasteiger partial charge in [0.1, 0.15) is 10.8 Å². The van der Waals surface area contributed by atoms with E-state index in [-0.39, 0.29) is 31.8 Å². The topological polar surface area (TPSA) is 94.9 Å². The molecule has 1 heterocycles. The number of amides is 1. The number of carbonyl (C=O) groups excluding carboxylic acids is 1. The van der Waals surface area contributed by atoms with Crippen molar-refractivity contribution in [2.45, 2.75) is 33.6 Å². The zero-order valence-electron chi connectivity index (χ0n) is 14.0. The smallest absolute Gasteiger partial charge is 0.312 e. The minimum absolute atomic E-state index is 0.0164. The molecule has 1 aromatic rings. The van der Waals surface area contributed by atoms with Crippen LogP contribution >= 0.6 is 0 Å². The molecule has 1 aromatic carbocycles. The van der Waals surface area contributed by atoms with Gasteiger partial charge in [0.25, 0.3) is 0 Å². The van der Waals surface area contributed by atoms with Crippen LogP contribution in [0.1, 0.15) is 28.7 Å². The van der Waals surface area contributed by atoms with Gasteiger partial charge in [0.2, 0.25) is 5.91 Å². The van der Waals surface area contributed by atoms with Gasteiger partial charge in [0.05, 0.1) is 6.42 Å². The zero-order valence-corrected chi connectivity index (χ0v) is 14.0. The molecule has 0 spiro atoms. The molecular formula is C18H21NO5. The molecule has 6 nitrogen and oxygen atoms in total. The van der Waals surface area contributed by atoms with Crippen molar-refractivity contribution in [1.82, 2.24) is 4.90 Å². The Hall–Kier alpha value is -2.37. The highest BCUT2D eigenvalue weighted by Crippen LogP contribution is 2.68. The number of aryl methyl sites for hydroxylation is 3. The highest BCUT2D eigenvalue weighted by atomic mass is 16.4. The number of rotatable bonds is 4. The molecule has 6 heteroatoms. The number of likely N-dealkylation sites (tertiary alicyclic amines) is 1. The van der Waals surface area contributed by atoms with Crippen molar-refractivity contribution in [3.05, 3.63) is 34.4 Å². The maximum absolute atomic E-state index is 12.6. The van der Waals surface area contributed by atoms with E-state index in [0.29, 0.717) is 0 Å². The number of carbonyl (C=O) groups is 3. The van der Waals surface area contributed by atoms with Gasteiger partial charge in [-0.1, -0.05) is 17.7 Å². The quantitative estimate of drug-likeness (QED) is 0.873. The van der Waals surface area contributed by atoms with E-state index in [0.717, 1.165) is 22.3 Å². The Morgan fingerprint density at radius 3 is 1.88 bits per heavy atom. The molecule has 1 aliphatic heterocycles. The molecule has 128 valence electrons. The van der Waals surface area contributed by atoms with Gasteiger partial charge in [0, 0.05) is 13.1 Å². The Morgan fingerprint density at radius 2 is 1.46 bits per heavy atom. The third kappa shape index (κ3) is 2.12. The maximum atomic E-state index is 12.6. The van der Waals surface area contributed by atoms with Gasteiger partial charge in [-0.3, -0.25) is 14.4 Å². The summed E-state index contributed by atoms with van der Waals surface area (Å²) < 4.78 is 0. The first-order valence-electron chi connectivity index (χ1n) is 7.94. The van der Waals surface area contributed by atoms with Crippen LogP contribution in [0.2, 0.25) is 0 Å². The van der Waals surface area contributed by atoms with Crippen LogP contribution in [-0.4, -0.2) is 46.0 Å². The lowest BCUT2D eigenvalue weighted by Crippen LogP contribution is -2.35. The van der Waals surface area contributed by atoms with Crippen LogP contribution in [0.5, 0.6) is 0 Å². The molecule has 1 aliphatic carbocycles. The second-order valence-electron chi connectivity index (χ2n) is 7.26. The van der Waals surface area contributed by atoms with Crippen molar-refractivity contribution in [2.75, 3.05) is 13.1 Å². The van der Waals surface area contributed by atoms with Crippen LogP contribution in [0, 0.1) is 31.6 Å². The Balaban J connectivity index is 1.81. The number of hydrogen-bond acceptors (Lipinski definition) is 3. The van der Waals surface area contributed by atoms with Crippen LogP contribution in [0.25, 0.3) is 0 Å². The van der Waals surface area contributed by atoms with E-state index in [2.05, 4.69) is 0 Å². The number of hydrogen-bond donors (Lipinski definition) is 2. The van der Waals surface area contributed by atoms with E-state index in [1.807, 2.05) is 32.9 Å². The molecular weight excluding hydrogens is 310 g/mol. The number of benzene rings is 1. The molecule has 1 saturated heterocycles. The lowest BCUT2D eigenvalue weighted by molar-refractivity contribution is -0.151. The summed E-state index contributed by atoms with van der Waals surface area (Å²) >= 11 is 0. The summed E-state index contributed by atoms with van der Waals surface area (Å²) in [7, 11) is 0. The highest BCUT2D eigenvalue weighted by molar-refractivity contribution is 5.96. The molecule has 0 aromatic heterocycles. The number of carboxylic acid groups (broad SMARTS) is 2. The fraction of sp³-hybridized carbons (Fsp3) is 0.500. The Bertz CT molecular complexity index is 720. The highest BCUT2D eigenvalue weighted by Gasteiger charge is 2.81. The Kier molecular flexibility index (Phi) is 3.48. The Labute approximate surface area is 140 Å². The van der Waals surface area contributed by atoms with Crippen LogP contribution in [0.15, 0.2) is 12.1 Å². The first-order valence-corrected chi connectivity index (χ1v) is 7.94. The van der Waals surface area contributed by atoms with Crippen molar-refractivity contribution in [3.8, 4) is 0 Å². The van der Waals surface area contributed by atoms with Gasteiger partial charge in [-0.2, -0.15) is 0 Å². The van der Waals surface area contributed by atoms with E-state index < -0.39 is 22.8 Å². The zero-order chi connectivity index (χ0) is 17.9. The average Bonchev–Trinajstić information content (AvgIpc) is 3.01. The molecule has 0 bridgehead atoms. The normalized spacial score (nSPS) is 27.7. The van der Waals surface area contributed by atoms with Gasteiger partial charge in [-0.05, 0) is 43.9 Å². The first kappa shape index (κ1) is 16.5. The van der Waals surface area contributed by atoms with E-state index in [1.165, 1.54) is 4.90 Å². The van der Waals surface area contributed by atoms with Crippen LogP contribution in [-0.2, 0) is 20.8 Å². The van der Waals surface area contributed by atoms with Crippen molar-refractivity contribution in [2.24, 2.45) is 10.8 Å². The predicted molar refractivity (Wildman–Crippen MR) is 85.7 cm³/mol. The fourth-order valence-corrected chi connectivity index (χ4v) is 4.22. The van der Waals surface area contributed by atoms with Crippen molar-refractivity contribution in [3.63, 3.8) is 0 Å². The largest absolute Gasteiger partial charge is 0.481 e. The number of nitrogens with zero attached hydrogens (tertiary/aromatic N) is 1. The second kappa shape index (κ2) is 5.06. The van der Waals surface area contributed by atoms with E-state index in [4.69, 9.17) is 0 Å². The van der Waals surface area contributed by atoms with Crippen LogP contribution in [0.4, 0.5) is 0 Å². The van der Waals surface area contributed by atoms with E-state index >= 15 is 0 Å². The number of piperidine rings is 1. The summed E-state index contributed by atoms with van der Waals surface area (Å²) in [6.07, 6.45) is 0.278. The van der Waals surface area contributed by atoms with E-state index in [1.54, 1.807) is 0 Å². The predicted octanol–water partition coefficient (Wildman–Crippen LogP) is 1.54. The van der Waals surface area contributed by atoms with Crippen molar-refractivity contribution >= 4 is 17.8 Å². The molecule has 1 amide bonds. The molecule has 3 rings (SSSR count). The van der Waals surface area contributed by atoms with Crippen molar-refractivity contribution in [1.29, 1.82) is 0 Å². The standard InChI is InChI=1S/C18H21NO5/c1-10-4-11(2)13(12(3)5-10)6-14(20)19-8-17(15(21)22)7-18(17,9-19)16(23)24/h4-5H,6-9H2,1-3H3,(H,21,22)(H,23,24)/t17-,18+. The summed E-state index contributed by atoms with van der Waals surface area (Å²) in [5, 5.41) is 18.9. The van der Waals surface area contributed by atoms with E-state index in [9.17, 15) is 24.6 Å². The third-order valence-corrected chi connectivity index (χ3v) is 5.66. The minimum atomic E-state index is -1.31. The molecule has 24 heavy (non-hydrogen) atoms. The maximum Gasteiger partial charge on any atom is 0.312 e. The summed E-state index contributed by atoms with van der Waals surface area (Å²) in [6, 6.07) is 4.02. The number of carboxylic acids is 2. The molecule has 0 radical (unpaired) electrons. The summed E-state index contributed by atoms with van der Waals surface area (Å²) in [4.78, 5) is 37.1. The van der Waals surface area contributed by atoms with Crippen molar-refractivity contribution < 1.29 is 24.6 Å². The molecule has 2 N–H and O–H groups in total. The molecule has 0 unspecified atom stereocenters. The summed E-state index contributed by atoms with van der Waals surface area (Å²) in [5.41, 5.74) is 1.47. The molecule has 2 aliphatic rings. The first-order chi connectivity index (χ1) is 11.1. The summed E-state index contributed by atoms with van der Waals surface area (Å²) in [6.45, 7) is 5.85. The second-order valence-corrected chi connectivity index (χ2v) is 7.26. The number of fused-ring (bicyclic) bond motifs is 1. The molecule has 1 saturated carbocycles. The van der Waals surface area contributed by atoms with Gasteiger partial charge in [-0.15, -0.1) is 0 Å². The van der Waals surface area contributed by atoms with Gasteiger partial charge in [0.15, 0.2) is 0 Å². The average molecular weight is 331 g/mol. The lowest BCUT2D eigenvalue weighted by Gasteiger charge is -2.21. The van der Waals surface area contributed by atoms with Gasteiger partial charge < -0.3 is 15.1 Å². The molecule has 2 fully saturated rings. The molecule has 2 atom stereocenters. The summed E-state index contributed by atoms with van der Waals surface area (Å²) in [5.74, 6) is -2.45. The fourth-order valence-electron chi connectivity index (χ4n) is 4.22. The van der Waals surface area contributed by atoms with Gasteiger partial charge >= 0.3 is 11.9 Å². The monoisotopic (exact) mass is 331 g/mol.